The maximum Gasteiger partial charge on any atom is 0.0795 e. The molecule has 4 rings (SSSR count). The van der Waals surface area contributed by atoms with E-state index in [-0.39, 0.29) is 5.69 Å². The monoisotopic (exact) mass is 396 g/mol. The molecule has 150 valence electrons. The molecule has 0 saturated carbocycles. The van der Waals surface area contributed by atoms with Crippen LogP contribution in [0.3, 0.4) is 0 Å². The normalized spacial score (nSPS) is 10.8. The van der Waals surface area contributed by atoms with E-state index in [4.69, 9.17) is 34.4 Å². The molecule has 0 spiro atoms. The van der Waals surface area contributed by atoms with Gasteiger partial charge in [0.05, 0.1) is 34.1 Å². The molecule has 4 aromatic carbocycles. The van der Waals surface area contributed by atoms with Crippen LogP contribution in [0.2, 0.25) is 0 Å². The molecule has 0 fully saturated rings. The lowest BCUT2D eigenvalue weighted by Gasteiger charge is -2.22. The summed E-state index contributed by atoms with van der Waals surface area (Å²) in [6.45, 7) is 0. The third kappa shape index (κ3) is 2.91. The molecule has 6 heteroatoms. The first-order chi connectivity index (χ1) is 14.4. The summed E-state index contributed by atoms with van der Waals surface area (Å²) in [4.78, 5) is 0. The van der Waals surface area contributed by atoms with Gasteiger partial charge in [0.2, 0.25) is 0 Å². The molecular weight excluding hydrogens is 372 g/mol. The maximum absolute atomic E-state index is 6.67. The van der Waals surface area contributed by atoms with E-state index in [1.54, 1.807) is 6.07 Å². The molecule has 0 radical (unpaired) electrons. The molecule has 30 heavy (non-hydrogen) atoms. The van der Waals surface area contributed by atoms with E-state index in [0.29, 0.717) is 39.6 Å². The molecule has 0 aliphatic rings. The number of anilines is 6. The molecule has 0 heterocycles. The van der Waals surface area contributed by atoms with Gasteiger partial charge in [-0.3, -0.25) is 0 Å². The highest BCUT2D eigenvalue weighted by Gasteiger charge is 2.23. The lowest BCUT2D eigenvalue weighted by molar-refractivity contribution is 1.55. The van der Waals surface area contributed by atoms with Gasteiger partial charge in [-0.25, -0.2) is 0 Å². The average Bonchev–Trinajstić information content (AvgIpc) is 2.76. The zero-order valence-electron chi connectivity index (χ0n) is 16.4. The predicted molar refractivity (Wildman–Crippen MR) is 129 cm³/mol. The predicted octanol–water partition coefficient (Wildman–Crippen LogP) is 4.18. The molecule has 0 aliphatic heterocycles. The lowest BCUT2D eigenvalue weighted by Crippen LogP contribution is -2.09. The molecule has 0 bridgehead atoms. The minimum atomic E-state index is 0.285. The van der Waals surface area contributed by atoms with E-state index in [1.165, 1.54) is 0 Å². The Bertz CT molecular complexity index is 1230. The maximum atomic E-state index is 6.67. The van der Waals surface area contributed by atoms with Crippen molar-refractivity contribution in [2.75, 3.05) is 34.4 Å². The molecular formula is C24H24N6. The van der Waals surface area contributed by atoms with Crippen molar-refractivity contribution < 1.29 is 0 Å². The number of hydrogen-bond acceptors (Lipinski definition) is 6. The standard InChI is InChI=1S/C24H24N6/c25-16-12-11-15(17(20(16)26)13-7-3-1-4-8-13)19-21(27)18(14-9-5-2-6-10-14)22(28)24(30)23(19)29/h1-12H,25-30H2. The lowest BCUT2D eigenvalue weighted by atomic mass is 9.87. The Morgan fingerprint density at radius 1 is 0.367 bits per heavy atom. The molecule has 4 aromatic rings. The Labute approximate surface area is 175 Å². The van der Waals surface area contributed by atoms with Gasteiger partial charge >= 0.3 is 0 Å². The van der Waals surface area contributed by atoms with Gasteiger partial charge in [0, 0.05) is 16.7 Å². The summed E-state index contributed by atoms with van der Waals surface area (Å²) in [5, 5.41) is 0. The third-order valence-corrected chi connectivity index (χ3v) is 5.33. The van der Waals surface area contributed by atoms with Gasteiger partial charge in [-0.05, 0) is 22.8 Å². The largest absolute Gasteiger partial charge is 0.398 e. The van der Waals surface area contributed by atoms with Crippen LogP contribution >= 0.6 is 0 Å². The molecule has 12 N–H and O–H groups in total. The Kier molecular flexibility index (Phi) is 4.60. The molecule has 6 nitrogen and oxygen atoms in total. The van der Waals surface area contributed by atoms with Gasteiger partial charge in [-0.2, -0.15) is 0 Å². The second kappa shape index (κ2) is 7.25. The van der Waals surface area contributed by atoms with Crippen LogP contribution in [-0.2, 0) is 0 Å². The quantitative estimate of drug-likeness (QED) is 0.285. The summed E-state index contributed by atoms with van der Waals surface area (Å²) in [6, 6.07) is 22.9. The summed E-state index contributed by atoms with van der Waals surface area (Å²) >= 11 is 0. The topological polar surface area (TPSA) is 156 Å². The Morgan fingerprint density at radius 3 is 1.43 bits per heavy atom. The van der Waals surface area contributed by atoms with E-state index in [1.807, 2.05) is 66.7 Å². The van der Waals surface area contributed by atoms with Crippen molar-refractivity contribution in [3.63, 3.8) is 0 Å². The number of nitrogens with two attached hydrogens (primary N) is 6. The van der Waals surface area contributed by atoms with Gasteiger partial charge in [-0.1, -0.05) is 66.7 Å². The number of rotatable bonds is 3. The first kappa shape index (κ1) is 19.0. The zero-order chi connectivity index (χ0) is 21.4. The highest BCUT2D eigenvalue weighted by molar-refractivity contribution is 6.11. The first-order valence-corrected chi connectivity index (χ1v) is 9.46. The summed E-state index contributed by atoms with van der Waals surface area (Å²) < 4.78 is 0. The Morgan fingerprint density at radius 2 is 0.867 bits per heavy atom. The summed E-state index contributed by atoms with van der Waals surface area (Å²) in [5.74, 6) is 0. The van der Waals surface area contributed by atoms with Crippen LogP contribution in [0.5, 0.6) is 0 Å². The van der Waals surface area contributed by atoms with E-state index in [9.17, 15) is 0 Å². The van der Waals surface area contributed by atoms with Crippen LogP contribution in [0, 0.1) is 0 Å². The van der Waals surface area contributed by atoms with Crippen molar-refractivity contribution in [2.45, 2.75) is 0 Å². The van der Waals surface area contributed by atoms with E-state index < -0.39 is 0 Å². The smallest absolute Gasteiger partial charge is 0.0795 e. The van der Waals surface area contributed by atoms with Gasteiger partial charge in [0.25, 0.3) is 0 Å². The molecule has 0 unspecified atom stereocenters. The van der Waals surface area contributed by atoms with Crippen LogP contribution < -0.4 is 34.4 Å². The van der Waals surface area contributed by atoms with Gasteiger partial charge < -0.3 is 34.4 Å². The third-order valence-electron chi connectivity index (χ3n) is 5.33. The van der Waals surface area contributed by atoms with E-state index in [2.05, 4.69) is 0 Å². The molecule has 0 aliphatic carbocycles. The SMILES string of the molecule is Nc1ccc(-c2c(N)c(N)c(N)c(-c3ccccc3)c2N)c(-c2ccccc2)c1N. The Hall–Kier alpha value is -4.32. The summed E-state index contributed by atoms with van der Waals surface area (Å²) in [6.07, 6.45) is 0. The highest BCUT2D eigenvalue weighted by atomic mass is 14.8. The van der Waals surface area contributed by atoms with Crippen LogP contribution in [0.1, 0.15) is 0 Å². The number of nitrogen functional groups attached to an aromatic ring is 6. The van der Waals surface area contributed by atoms with E-state index in [0.717, 1.165) is 22.3 Å². The average molecular weight is 396 g/mol. The number of benzene rings is 4. The van der Waals surface area contributed by atoms with Crippen molar-refractivity contribution in [3.05, 3.63) is 72.8 Å². The fourth-order valence-electron chi connectivity index (χ4n) is 3.80. The second-order valence-corrected chi connectivity index (χ2v) is 7.13. The molecule has 0 saturated heterocycles. The van der Waals surface area contributed by atoms with Crippen LogP contribution in [0.15, 0.2) is 72.8 Å². The van der Waals surface area contributed by atoms with Crippen LogP contribution in [0.25, 0.3) is 33.4 Å². The summed E-state index contributed by atoms with van der Waals surface area (Å²) in [5.41, 5.74) is 45.1. The minimum absolute atomic E-state index is 0.285. The van der Waals surface area contributed by atoms with Crippen molar-refractivity contribution >= 4 is 34.1 Å². The fraction of sp³-hybridized carbons (Fsp3) is 0. The Balaban J connectivity index is 2.11. The molecule has 0 amide bonds. The first-order valence-electron chi connectivity index (χ1n) is 9.46. The van der Waals surface area contributed by atoms with Crippen LogP contribution in [0.4, 0.5) is 34.1 Å². The summed E-state index contributed by atoms with van der Waals surface area (Å²) in [7, 11) is 0. The van der Waals surface area contributed by atoms with Gasteiger partial charge in [-0.15, -0.1) is 0 Å². The number of hydrogen-bond donors (Lipinski definition) is 6. The van der Waals surface area contributed by atoms with Crippen LogP contribution in [-0.4, -0.2) is 0 Å². The van der Waals surface area contributed by atoms with Gasteiger partial charge in [0.1, 0.15) is 0 Å². The second-order valence-electron chi connectivity index (χ2n) is 7.13. The van der Waals surface area contributed by atoms with Crippen molar-refractivity contribution in [3.8, 4) is 33.4 Å². The van der Waals surface area contributed by atoms with Gasteiger partial charge in [0.15, 0.2) is 0 Å². The van der Waals surface area contributed by atoms with Crippen molar-refractivity contribution in [2.24, 2.45) is 0 Å². The highest BCUT2D eigenvalue weighted by Crippen LogP contribution is 2.50. The molecule has 0 atom stereocenters. The fourth-order valence-corrected chi connectivity index (χ4v) is 3.80. The van der Waals surface area contributed by atoms with Crippen molar-refractivity contribution in [1.82, 2.24) is 0 Å². The van der Waals surface area contributed by atoms with Crippen molar-refractivity contribution in [1.29, 1.82) is 0 Å². The van der Waals surface area contributed by atoms with E-state index >= 15 is 0 Å². The minimum Gasteiger partial charge on any atom is -0.398 e. The molecule has 0 aromatic heterocycles. The zero-order valence-corrected chi connectivity index (χ0v) is 16.4.